The van der Waals surface area contributed by atoms with Crippen molar-refractivity contribution in [3.05, 3.63) is 71.8 Å². The number of hydrogen-bond donors (Lipinski definition) is 0. The zero-order valence-electron chi connectivity index (χ0n) is 8.69. The summed E-state index contributed by atoms with van der Waals surface area (Å²) in [5.74, 6) is 0. The Labute approximate surface area is 102 Å². The van der Waals surface area contributed by atoms with Crippen LogP contribution in [-0.2, 0) is 8.87 Å². The van der Waals surface area contributed by atoms with Gasteiger partial charge in [-0.3, -0.25) is 0 Å². The minimum atomic E-state index is -0.258. The predicted octanol–water partition coefficient (Wildman–Crippen LogP) is 3.09. The Bertz CT molecular complexity index is 341. The zero-order chi connectivity index (χ0) is 10.3. The van der Waals surface area contributed by atoms with E-state index in [1.54, 1.807) is 0 Å². The molecule has 0 saturated heterocycles. The van der Waals surface area contributed by atoms with E-state index in [0.29, 0.717) is 0 Å². The van der Waals surface area contributed by atoms with Crippen molar-refractivity contribution in [3.63, 3.8) is 0 Å². The summed E-state index contributed by atoms with van der Waals surface area (Å²) in [5, 5.41) is 0. The topological polar surface area (TPSA) is 0 Å². The van der Waals surface area contributed by atoms with Crippen LogP contribution in [0.15, 0.2) is 60.7 Å². The molecule has 0 N–H and O–H groups in total. The van der Waals surface area contributed by atoms with E-state index < -0.39 is 0 Å². The molecule has 0 atom stereocenters. The second-order valence-corrected chi connectivity index (χ2v) is 7.02. The Hall–Kier alpha value is -0.761. The molecule has 0 unspecified atom stereocenters. The van der Waals surface area contributed by atoms with Gasteiger partial charge in [-0.25, -0.2) is 0 Å². The van der Waals surface area contributed by atoms with E-state index in [1.807, 2.05) is 0 Å². The van der Waals surface area contributed by atoms with Gasteiger partial charge in [0, 0.05) is 0 Å². The average molecular weight is 301 g/mol. The van der Waals surface area contributed by atoms with E-state index in [2.05, 4.69) is 60.7 Å². The first-order valence-corrected chi connectivity index (χ1v) is 9.27. The summed E-state index contributed by atoms with van der Waals surface area (Å²) in [4.78, 5) is 0. The molecule has 0 bridgehead atoms. The molecular formula is C14H14Sn+2. The molecule has 2 rings (SSSR count). The first-order chi connectivity index (χ1) is 7.45. The van der Waals surface area contributed by atoms with E-state index in [4.69, 9.17) is 0 Å². The molecular weight excluding hydrogens is 287 g/mol. The molecule has 0 aliphatic heterocycles. The van der Waals surface area contributed by atoms with Crippen molar-refractivity contribution in [3.8, 4) is 0 Å². The third kappa shape index (κ3) is 3.71. The van der Waals surface area contributed by atoms with Crippen LogP contribution in [0.5, 0.6) is 0 Å². The van der Waals surface area contributed by atoms with Crippen molar-refractivity contribution in [1.82, 2.24) is 0 Å². The predicted molar refractivity (Wildman–Crippen MR) is 66.0 cm³/mol. The second kappa shape index (κ2) is 5.96. The summed E-state index contributed by atoms with van der Waals surface area (Å²) < 4.78 is 2.69. The molecule has 0 saturated carbocycles. The van der Waals surface area contributed by atoms with E-state index in [0.717, 1.165) is 0 Å². The third-order valence-corrected chi connectivity index (χ3v) is 6.10. The van der Waals surface area contributed by atoms with Gasteiger partial charge in [0.15, 0.2) is 0 Å². The fraction of sp³-hybridized carbons (Fsp3) is 0.143. The van der Waals surface area contributed by atoms with Crippen molar-refractivity contribution in [1.29, 1.82) is 0 Å². The summed E-state index contributed by atoms with van der Waals surface area (Å²) >= 11 is -0.258. The molecule has 0 aromatic heterocycles. The van der Waals surface area contributed by atoms with E-state index in [1.165, 1.54) is 20.0 Å². The van der Waals surface area contributed by atoms with Gasteiger partial charge >= 0.3 is 102 Å². The van der Waals surface area contributed by atoms with E-state index >= 15 is 0 Å². The van der Waals surface area contributed by atoms with Gasteiger partial charge in [0.2, 0.25) is 0 Å². The van der Waals surface area contributed by atoms with Gasteiger partial charge in [0.25, 0.3) is 0 Å². The molecule has 2 aromatic rings. The van der Waals surface area contributed by atoms with Crippen LogP contribution in [0, 0.1) is 0 Å². The molecule has 0 spiro atoms. The average Bonchev–Trinajstić information content (AvgIpc) is 2.32. The van der Waals surface area contributed by atoms with Gasteiger partial charge in [0.1, 0.15) is 0 Å². The first-order valence-electron chi connectivity index (χ1n) is 5.24. The Balaban J connectivity index is 1.81. The van der Waals surface area contributed by atoms with Crippen molar-refractivity contribution < 1.29 is 0 Å². The van der Waals surface area contributed by atoms with Crippen LogP contribution in [0.4, 0.5) is 0 Å². The molecule has 72 valence electrons. The van der Waals surface area contributed by atoms with Crippen LogP contribution >= 0.6 is 0 Å². The molecule has 0 aliphatic carbocycles. The Morgan fingerprint density at radius 1 is 0.600 bits per heavy atom. The molecule has 0 radical (unpaired) electrons. The molecule has 1 heteroatoms. The van der Waals surface area contributed by atoms with Crippen LogP contribution in [0.1, 0.15) is 11.1 Å². The Morgan fingerprint density at radius 3 is 1.40 bits per heavy atom. The number of rotatable bonds is 4. The second-order valence-electron chi connectivity index (χ2n) is 3.57. The van der Waals surface area contributed by atoms with E-state index in [-0.39, 0.29) is 21.1 Å². The Kier molecular flexibility index (Phi) is 4.27. The van der Waals surface area contributed by atoms with Gasteiger partial charge in [-0.2, -0.15) is 0 Å². The minimum absolute atomic E-state index is 0.258. The third-order valence-electron chi connectivity index (χ3n) is 2.34. The number of hydrogen-bond acceptors (Lipinski definition) is 0. The molecule has 0 fully saturated rings. The molecule has 0 nitrogen and oxygen atoms in total. The SMILES string of the molecule is c1ccc([CH2][Sn+2][CH2]c2ccccc2)cc1. The van der Waals surface area contributed by atoms with Gasteiger partial charge in [-0.15, -0.1) is 0 Å². The van der Waals surface area contributed by atoms with Crippen molar-refractivity contribution >= 4 is 21.1 Å². The number of benzene rings is 2. The quantitative estimate of drug-likeness (QED) is 0.761. The van der Waals surface area contributed by atoms with Crippen molar-refractivity contribution in [2.45, 2.75) is 8.87 Å². The standard InChI is InChI=1S/2C7H7.Sn/c2*1-7-5-3-2-4-6-7;/h2*2-6H,1H2;/q;;+2. The monoisotopic (exact) mass is 302 g/mol. The fourth-order valence-corrected chi connectivity index (χ4v) is 4.89. The molecule has 0 amide bonds. The summed E-state index contributed by atoms with van der Waals surface area (Å²) in [7, 11) is 0. The van der Waals surface area contributed by atoms with Gasteiger partial charge in [-0.05, 0) is 0 Å². The normalized spacial score (nSPS) is 9.60. The molecule has 2 aromatic carbocycles. The van der Waals surface area contributed by atoms with Crippen LogP contribution in [0.2, 0.25) is 0 Å². The van der Waals surface area contributed by atoms with Gasteiger partial charge in [-0.1, -0.05) is 0 Å². The summed E-state index contributed by atoms with van der Waals surface area (Å²) in [6.07, 6.45) is 0. The van der Waals surface area contributed by atoms with E-state index in [9.17, 15) is 0 Å². The zero-order valence-corrected chi connectivity index (χ0v) is 11.5. The van der Waals surface area contributed by atoms with Gasteiger partial charge in [0.05, 0.1) is 0 Å². The summed E-state index contributed by atoms with van der Waals surface area (Å²) in [5.41, 5.74) is 3.03. The van der Waals surface area contributed by atoms with Crippen LogP contribution in [-0.4, -0.2) is 21.1 Å². The van der Waals surface area contributed by atoms with Crippen molar-refractivity contribution in [2.75, 3.05) is 0 Å². The van der Waals surface area contributed by atoms with Gasteiger partial charge < -0.3 is 0 Å². The first kappa shape index (κ1) is 10.7. The fourth-order valence-electron chi connectivity index (χ4n) is 1.54. The summed E-state index contributed by atoms with van der Waals surface area (Å²) in [6, 6.07) is 21.7. The summed E-state index contributed by atoms with van der Waals surface area (Å²) in [6.45, 7) is 0. The van der Waals surface area contributed by atoms with Crippen LogP contribution in [0.3, 0.4) is 0 Å². The van der Waals surface area contributed by atoms with Crippen LogP contribution in [0.25, 0.3) is 0 Å². The maximum absolute atomic E-state index is 2.24. The van der Waals surface area contributed by atoms with Crippen molar-refractivity contribution in [2.24, 2.45) is 0 Å². The molecule has 15 heavy (non-hydrogen) atoms. The molecule has 0 heterocycles. The van der Waals surface area contributed by atoms with Crippen LogP contribution < -0.4 is 0 Å². The molecule has 0 aliphatic rings. The Morgan fingerprint density at radius 2 is 1.00 bits per heavy atom. The maximum atomic E-state index is 2.24.